The van der Waals surface area contributed by atoms with E-state index in [-0.39, 0.29) is 11.4 Å². The van der Waals surface area contributed by atoms with Gasteiger partial charge in [-0.15, -0.1) is 0 Å². The SMILES string of the molecule is CC(N)=NC/C=C(/F)CCC(C)(C)N. The topological polar surface area (TPSA) is 64.4 Å². The van der Waals surface area contributed by atoms with Crippen LogP contribution in [-0.2, 0) is 0 Å². The molecule has 0 aromatic carbocycles. The minimum atomic E-state index is -0.321. The summed E-state index contributed by atoms with van der Waals surface area (Å²) in [4.78, 5) is 3.86. The van der Waals surface area contributed by atoms with Gasteiger partial charge in [0.15, 0.2) is 0 Å². The third kappa shape index (κ3) is 9.19. The zero-order valence-electron chi connectivity index (χ0n) is 9.18. The lowest BCUT2D eigenvalue weighted by atomic mass is 10.00. The molecule has 14 heavy (non-hydrogen) atoms. The number of halogens is 1. The first kappa shape index (κ1) is 13.1. The highest BCUT2D eigenvalue weighted by Crippen LogP contribution is 2.13. The number of nitrogens with zero attached hydrogens (tertiary/aromatic N) is 1. The van der Waals surface area contributed by atoms with Crippen LogP contribution < -0.4 is 11.5 Å². The quantitative estimate of drug-likeness (QED) is 0.525. The monoisotopic (exact) mass is 201 g/mol. The lowest BCUT2D eigenvalue weighted by Crippen LogP contribution is -2.31. The number of allylic oxidation sites excluding steroid dienone is 1. The van der Waals surface area contributed by atoms with Gasteiger partial charge in [-0.2, -0.15) is 0 Å². The number of hydrogen-bond donors (Lipinski definition) is 2. The van der Waals surface area contributed by atoms with Gasteiger partial charge >= 0.3 is 0 Å². The molecule has 0 aromatic rings. The minimum absolute atomic E-state index is 0.173. The van der Waals surface area contributed by atoms with E-state index in [0.29, 0.717) is 25.2 Å². The Morgan fingerprint density at radius 1 is 1.50 bits per heavy atom. The molecule has 0 saturated carbocycles. The first-order chi connectivity index (χ1) is 6.31. The van der Waals surface area contributed by atoms with Crippen molar-refractivity contribution in [2.24, 2.45) is 16.5 Å². The molecule has 0 aliphatic carbocycles. The highest BCUT2D eigenvalue weighted by molar-refractivity contribution is 5.77. The van der Waals surface area contributed by atoms with Crippen molar-refractivity contribution in [2.75, 3.05) is 6.54 Å². The maximum absolute atomic E-state index is 13.1. The molecule has 4 heteroatoms. The summed E-state index contributed by atoms with van der Waals surface area (Å²) in [5.41, 5.74) is 10.7. The van der Waals surface area contributed by atoms with Crippen molar-refractivity contribution < 1.29 is 4.39 Å². The summed E-state index contributed by atoms with van der Waals surface area (Å²) in [6, 6.07) is 0. The van der Waals surface area contributed by atoms with Gasteiger partial charge in [0.25, 0.3) is 0 Å². The molecule has 0 unspecified atom stereocenters. The predicted molar refractivity (Wildman–Crippen MR) is 58.9 cm³/mol. The Morgan fingerprint density at radius 3 is 2.50 bits per heavy atom. The van der Waals surface area contributed by atoms with Crippen LogP contribution in [0.2, 0.25) is 0 Å². The fourth-order valence-corrected chi connectivity index (χ4v) is 0.832. The van der Waals surface area contributed by atoms with Crippen LogP contribution in [0.1, 0.15) is 33.6 Å². The molecule has 0 heterocycles. The Balaban J connectivity index is 3.85. The van der Waals surface area contributed by atoms with Crippen molar-refractivity contribution in [2.45, 2.75) is 39.2 Å². The predicted octanol–water partition coefficient (Wildman–Crippen LogP) is 1.73. The normalized spacial score (nSPS) is 14.6. The standard InChI is InChI=1S/C10H20FN3/c1-8(12)14-7-5-9(11)4-6-10(2,3)13/h5H,4,6-7,13H2,1-3H3,(H2,12,14)/b9-5+. The lowest BCUT2D eigenvalue weighted by molar-refractivity contribution is 0.445. The molecule has 4 N–H and O–H groups in total. The molecule has 0 aromatic heterocycles. The van der Waals surface area contributed by atoms with Gasteiger partial charge in [0, 0.05) is 12.0 Å². The second-order valence-corrected chi connectivity index (χ2v) is 4.12. The van der Waals surface area contributed by atoms with E-state index in [2.05, 4.69) is 4.99 Å². The van der Waals surface area contributed by atoms with Gasteiger partial charge in [-0.3, -0.25) is 4.99 Å². The van der Waals surface area contributed by atoms with Crippen LogP contribution in [0.15, 0.2) is 16.9 Å². The van der Waals surface area contributed by atoms with Crippen molar-refractivity contribution in [1.82, 2.24) is 0 Å². The molecule has 0 atom stereocenters. The molecule has 0 rings (SSSR count). The molecule has 0 bridgehead atoms. The number of hydrogen-bond acceptors (Lipinski definition) is 2. The van der Waals surface area contributed by atoms with Gasteiger partial charge < -0.3 is 11.5 Å². The minimum Gasteiger partial charge on any atom is -0.388 e. The second-order valence-electron chi connectivity index (χ2n) is 4.12. The molecule has 0 saturated heterocycles. The molecule has 0 fully saturated rings. The third-order valence-corrected chi connectivity index (χ3v) is 1.66. The molecule has 0 aliphatic rings. The zero-order valence-corrected chi connectivity index (χ0v) is 9.18. The summed E-state index contributed by atoms with van der Waals surface area (Å²) in [5.74, 6) is 0.293. The van der Waals surface area contributed by atoms with E-state index in [4.69, 9.17) is 11.5 Å². The average molecular weight is 201 g/mol. The van der Waals surface area contributed by atoms with Crippen LogP contribution in [0.3, 0.4) is 0 Å². The van der Waals surface area contributed by atoms with E-state index in [1.165, 1.54) is 6.08 Å². The summed E-state index contributed by atoms with van der Waals surface area (Å²) < 4.78 is 13.1. The summed E-state index contributed by atoms with van der Waals surface area (Å²) in [6.45, 7) is 5.73. The Bertz CT molecular complexity index is 222. The van der Waals surface area contributed by atoms with Crippen LogP contribution in [0.4, 0.5) is 4.39 Å². The lowest BCUT2D eigenvalue weighted by Gasteiger charge is -2.16. The van der Waals surface area contributed by atoms with E-state index in [1.807, 2.05) is 13.8 Å². The van der Waals surface area contributed by atoms with Gasteiger partial charge in [0.2, 0.25) is 0 Å². The largest absolute Gasteiger partial charge is 0.388 e. The number of rotatable bonds is 5. The van der Waals surface area contributed by atoms with Crippen LogP contribution >= 0.6 is 0 Å². The van der Waals surface area contributed by atoms with Crippen LogP contribution in [0.25, 0.3) is 0 Å². The summed E-state index contributed by atoms with van der Waals surface area (Å²) in [5, 5.41) is 0. The Morgan fingerprint density at radius 2 is 2.07 bits per heavy atom. The van der Waals surface area contributed by atoms with Crippen molar-refractivity contribution >= 4 is 5.84 Å². The molecular formula is C10H20FN3. The van der Waals surface area contributed by atoms with Crippen molar-refractivity contribution in [1.29, 1.82) is 0 Å². The summed E-state index contributed by atoms with van der Waals surface area (Å²) >= 11 is 0. The average Bonchev–Trinajstić information content (AvgIpc) is 1.99. The van der Waals surface area contributed by atoms with Crippen LogP contribution in [0, 0.1) is 0 Å². The summed E-state index contributed by atoms with van der Waals surface area (Å²) in [6.07, 6.45) is 2.42. The second kappa shape index (κ2) is 5.75. The Hall–Kier alpha value is -0.900. The van der Waals surface area contributed by atoms with Crippen molar-refractivity contribution in [3.8, 4) is 0 Å². The summed E-state index contributed by atoms with van der Waals surface area (Å²) in [7, 11) is 0. The van der Waals surface area contributed by atoms with Gasteiger partial charge in [0.1, 0.15) is 0 Å². The molecule has 0 amide bonds. The fraction of sp³-hybridized carbons (Fsp3) is 0.700. The van der Waals surface area contributed by atoms with E-state index >= 15 is 0 Å². The van der Waals surface area contributed by atoms with Crippen molar-refractivity contribution in [3.05, 3.63) is 11.9 Å². The molecule has 0 aliphatic heterocycles. The Kier molecular flexibility index (Phi) is 5.38. The maximum atomic E-state index is 13.1. The van der Waals surface area contributed by atoms with E-state index < -0.39 is 0 Å². The van der Waals surface area contributed by atoms with Gasteiger partial charge in [-0.05, 0) is 33.3 Å². The van der Waals surface area contributed by atoms with E-state index in [1.54, 1.807) is 6.92 Å². The van der Waals surface area contributed by atoms with Gasteiger partial charge in [0.05, 0.1) is 18.2 Å². The number of amidine groups is 1. The van der Waals surface area contributed by atoms with E-state index in [0.717, 1.165) is 0 Å². The first-order valence-corrected chi connectivity index (χ1v) is 4.71. The molecule has 82 valence electrons. The highest BCUT2D eigenvalue weighted by atomic mass is 19.1. The van der Waals surface area contributed by atoms with Gasteiger partial charge in [-0.25, -0.2) is 4.39 Å². The Labute approximate surface area is 85.1 Å². The van der Waals surface area contributed by atoms with Gasteiger partial charge in [-0.1, -0.05) is 0 Å². The fourth-order valence-electron chi connectivity index (χ4n) is 0.832. The third-order valence-electron chi connectivity index (χ3n) is 1.66. The van der Waals surface area contributed by atoms with E-state index in [9.17, 15) is 4.39 Å². The first-order valence-electron chi connectivity index (χ1n) is 4.71. The molecule has 0 spiro atoms. The molecular weight excluding hydrogens is 181 g/mol. The molecule has 3 nitrogen and oxygen atoms in total. The van der Waals surface area contributed by atoms with Crippen LogP contribution in [0.5, 0.6) is 0 Å². The molecule has 0 radical (unpaired) electrons. The zero-order chi connectivity index (χ0) is 11.2. The maximum Gasteiger partial charge on any atom is 0.0978 e. The number of nitrogens with two attached hydrogens (primary N) is 2. The number of aliphatic imine (C=N–C) groups is 1. The smallest absolute Gasteiger partial charge is 0.0978 e. The highest BCUT2D eigenvalue weighted by Gasteiger charge is 2.10. The van der Waals surface area contributed by atoms with Crippen molar-refractivity contribution in [3.63, 3.8) is 0 Å². The van der Waals surface area contributed by atoms with Crippen LogP contribution in [-0.4, -0.2) is 17.9 Å².